The van der Waals surface area contributed by atoms with Crippen molar-refractivity contribution in [2.45, 2.75) is 69.9 Å². The van der Waals surface area contributed by atoms with Crippen LogP contribution in [0.5, 0.6) is 0 Å². The highest BCUT2D eigenvalue weighted by molar-refractivity contribution is 5.69. The van der Waals surface area contributed by atoms with Gasteiger partial charge in [-0.05, 0) is 6.42 Å². The number of rotatable bonds is 8. The average Bonchev–Trinajstić information content (AvgIpc) is 2.44. The highest BCUT2D eigenvalue weighted by Crippen LogP contribution is 2.19. The largest absolute Gasteiger partial charge is 0.457 e. The summed E-state index contributed by atoms with van der Waals surface area (Å²) >= 11 is 0. The summed E-state index contributed by atoms with van der Waals surface area (Å²) < 4.78 is 10.3. The van der Waals surface area contributed by atoms with E-state index in [0.717, 1.165) is 32.1 Å². The molecule has 0 radical (unpaired) electrons. The van der Waals surface area contributed by atoms with E-state index in [0.29, 0.717) is 0 Å². The molecule has 1 aliphatic rings. The molecule has 20 heavy (non-hydrogen) atoms. The first kappa shape index (κ1) is 17.4. The number of aliphatic hydroxyl groups is 3. The van der Waals surface area contributed by atoms with Gasteiger partial charge >= 0.3 is 5.97 Å². The summed E-state index contributed by atoms with van der Waals surface area (Å²) in [5, 5.41) is 28.5. The molecule has 0 aromatic rings. The predicted molar refractivity (Wildman–Crippen MR) is 72.1 cm³/mol. The summed E-state index contributed by atoms with van der Waals surface area (Å²) in [7, 11) is 0. The molecule has 1 rings (SSSR count). The van der Waals surface area contributed by atoms with E-state index >= 15 is 0 Å². The molecule has 0 aromatic heterocycles. The number of aliphatic hydroxyl groups excluding tert-OH is 3. The smallest absolute Gasteiger partial charge is 0.306 e. The van der Waals surface area contributed by atoms with Gasteiger partial charge in [0.05, 0.1) is 13.2 Å². The Balaban J connectivity index is 2.33. The zero-order chi connectivity index (χ0) is 15.0. The number of ether oxygens (including phenoxy) is 2. The second-order valence-electron chi connectivity index (χ2n) is 5.23. The SMILES string of the molecule is CCCCCCCC(=O)O[C@H]1[C@H](O)[C@H](O)CO[C@@H]1CO. The van der Waals surface area contributed by atoms with Gasteiger partial charge in [-0.25, -0.2) is 0 Å². The molecule has 1 fully saturated rings. The summed E-state index contributed by atoms with van der Waals surface area (Å²) in [6, 6.07) is 0. The lowest BCUT2D eigenvalue weighted by Gasteiger charge is -2.36. The summed E-state index contributed by atoms with van der Waals surface area (Å²) in [4.78, 5) is 11.7. The third-order valence-corrected chi connectivity index (χ3v) is 3.51. The molecular weight excluding hydrogens is 264 g/mol. The van der Waals surface area contributed by atoms with Crippen molar-refractivity contribution in [3.8, 4) is 0 Å². The van der Waals surface area contributed by atoms with Crippen LogP contribution in [-0.2, 0) is 14.3 Å². The Morgan fingerprint density at radius 2 is 1.95 bits per heavy atom. The predicted octanol–water partition coefficient (Wildman–Crippen LogP) is 0.372. The van der Waals surface area contributed by atoms with Crippen molar-refractivity contribution in [3.05, 3.63) is 0 Å². The van der Waals surface area contributed by atoms with E-state index in [1.165, 1.54) is 0 Å². The Hall–Kier alpha value is -0.690. The van der Waals surface area contributed by atoms with Gasteiger partial charge in [-0.15, -0.1) is 0 Å². The van der Waals surface area contributed by atoms with Crippen molar-refractivity contribution in [2.24, 2.45) is 0 Å². The molecule has 3 N–H and O–H groups in total. The van der Waals surface area contributed by atoms with E-state index in [2.05, 4.69) is 6.92 Å². The van der Waals surface area contributed by atoms with Gasteiger partial charge in [0.1, 0.15) is 18.3 Å². The molecule has 4 atom stereocenters. The monoisotopic (exact) mass is 290 g/mol. The molecule has 1 aliphatic heterocycles. The highest BCUT2D eigenvalue weighted by Gasteiger charge is 2.41. The molecule has 0 saturated carbocycles. The third-order valence-electron chi connectivity index (χ3n) is 3.51. The van der Waals surface area contributed by atoms with Crippen LogP contribution in [0, 0.1) is 0 Å². The maximum atomic E-state index is 11.7. The van der Waals surface area contributed by atoms with E-state index in [1.54, 1.807) is 0 Å². The first-order valence-electron chi connectivity index (χ1n) is 7.38. The van der Waals surface area contributed by atoms with E-state index < -0.39 is 30.4 Å². The maximum Gasteiger partial charge on any atom is 0.306 e. The lowest BCUT2D eigenvalue weighted by Crippen LogP contribution is -2.55. The summed E-state index contributed by atoms with van der Waals surface area (Å²) in [5.74, 6) is -0.429. The Kier molecular flexibility index (Phi) is 8.06. The van der Waals surface area contributed by atoms with Crippen molar-refractivity contribution >= 4 is 5.97 Å². The van der Waals surface area contributed by atoms with Crippen molar-refractivity contribution in [1.82, 2.24) is 0 Å². The molecule has 0 aliphatic carbocycles. The summed E-state index contributed by atoms with van der Waals surface area (Å²) in [6.07, 6.45) is 1.29. The highest BCUT2D eigenvalue weighted by atomic mass is 16.6. The molecule has 0 spiro atoms. The van der Waals surface area contributed by atoms with Crippen LogP contribution >= 0.6 is 0 Å². The summed E-state index contributed by atoms with van der Waals surface area (Å²) in [5.41, 5.74) is 0. The fourth-order valence-electron chi connectivity index (χ4n) is 2.24. The first-order chi connectivity index (χ1) is 9.60. The van der Waals surface area contributed by atoms with Crippen LogP contribution in [0.1, 0.15) is 45.4 Å². The second-order valence-corrected chi connectivity index (χ2v) is 5.23. The normalized spacial score (nSPS) is 30.2. The van der Waals surface area contributed by atoms with Crippen molar-refractivity contribution in [1.29, 1.82) is 0 Å². The zero-order valence-electron chi connectivity index (χ0n) is 12.0. The van der Waals surface area contributed by atoms with Crippen LogP contribution < -0.4 is 0 Å². The number of hydrogen-bond donors (Lipinski definition) is 3. The lowest BCUT2D eigenvalue weighted by atomic mass is 10.0. The minimum Gasteiger partial charge on any atom is -0.457 e. The van der Waals surface area contributed by atoms with Gasteiger partial charge in [-0.2, -0.15) is 0 Å². The van der Waals surface area contributed by atoms with Crippen LogP contribution in [-0.4, -0.2) is 58.9 Å². The molecule has 6 nitrogen and oxygen atoms in total. The van der Waals surface area contributed by atoms with Gasteiger partial charge < -0.3 is 24.8 Å². The van der Waals surface area contributed by atoms with Gasteiger partial charge in [0, 0.05) is 6.42 Å². The van der Waals surface area contributed by atoms with Gasteiger partial charge in [0.25, 0.3) is 0 Å². The minimum atomic E-state index is -1.22. The van der Waals surface area contributed by atoms with E-state index in [4.69, 9.17) is 14.6 Å². The molecule has 0 unspecified atom stereocenters. The van der Waals surface area contributed by atoms with E-state index in [9.17, 15) is 15.0 Å². The van der Waals surface area contributed by atoms with E-state index in [1.807, 2.05) is 0 Å². The second kappa shape index (κ2) is 9.28. The minimum absolute atomic E-state index is 0.0720. The van der Waals surface area contributed by atoms with Crippen LogP contribution in [0.15, 0.2) is 0 Å². The molecule has 118 valence electrons. The molecule has 6 heteroatoms. The Morgan fingerprint density at radius 3 is 2.60 bits per heavy atom. The first-order valence-corrected chi connectivity index (χ1v) is 7.38. The van der Waals surface area contributed by atoms with Crippen molar-refractivity contribution in [3.63, 3.8) is 0 Å². The van der Waals surface area contributed by atoms with Crippen LogP contribution in [0.3, 0.4) is 0 Å². The van der Waals surface area contributed by atoms with Gasteiger partial charge in [0.15, 0.2) is 6.10 Å². The van der Waals surface area contributed by atoms with Crippen molar-refractivity contribution in [2.75, 3.05) is 13.2 Å². The van der Waals surface area contributed by atoms with E-state index in [-0.39, 0.29) is 19.6 Å². The molecule has 1 saturated heterocycles. The maximum absolute atomic E-state index is 11.7. The van der Waals surface area contributed by atoms with Gasteiger partial charge in [0.2, 0.25) is 0 Å². The number of carbonyl (C=O) groups is 1. The quantitative estimate of drug-likeness (QED) is 0.441. The summed E-state index contributed by atoms with van der Waals surface area (Å²) in [6.45, 7) is 1.69. The fraction of sp³-hybridized carbons (Fsp3) is 0.929. The number of esters is 1. The average molecular weight is 290 g/mol. The molecular formula is C14H26O6. The van der Waals surface area contributed by atoms with Crippen LogP contribution in [0.25, 0.3) is 0 Å². The lowest BCUT2D eigenvalue weighted by molar-refractivity contribution is -0.213. The molecule has 1 heterocycles. The van der Waals surface area contributed by atoms with Crippen LogP contribution in [0.4, 0.5) is 0 Å². The Morgan fingerprint density at radius 1 is 1.25 bits per heavy atom. The van der Waals surface area contributed by atoms with Gasteiger partial charge in [-0.1, -0.05) is 32.6 Å². The molecule has 0 amide bonds. The molecule has 0 bridgehead atoms. The third kappa shape index (κ3) is 5.36. The van der Waals surface area contributed by atoms with Crippen LogP contribution in [0.2, 0.25) is 0 Å². The zero-order valence-corrected chi connectivity index (χ0v) is 12.0. The fourth-order valence-corrected chi connectivity index (χ4v) is 2.24. The molecule has 0 aromatic carbocycles. The standard InChI is InChI=1S/C14H26O6/c1-2-3-4-5-6-7-12(17)20-14-11(8-15)19-9-10(16)13(14)18/h10-11,13-16,18H,2-9H2,1H3/t10-,11-,13-,14-/m1/s1. The Labute approximate surface area is 119 Å². The topological polar surface area (TPSA) is 96.2 Å². The Bertz CT molecular complexity index is 281. The number of unbranched alkanes of at least 4 members (excludes halogenated alkanes) is 4. The number of hydrogen-bond acceptors (Lipinski definition) is 6. The van der Waals surface area contributed by atoms with Crippen molar-refractivity contribution < 1.29 is 29.6 Å². The van der Waals surface area contributed by atoms with Gasteiger partial charge in [-0.3, -0.25) is 4.79 Å². The number of carbonyl (C=O) groups excluding carboxylic acids is 1.